The van der Waals surface area contributed by atoms with Gasteiger partial charge in [-0.15, -0.1) is 15.3 Å². The average Bonchev–Trinajstić information content (AvgIpc) is 3.31. The number of aryl methyl sites for hydroxylation is 1. The van der Waals surface area contributed by atoms with E-state index in [1.165, 1.54) is 6.26 Å². The summed E-state index contributed by atoms with van der Waals surface area (Å²) in [4.78, 5) is 0. The van der Waals surface area contributed by atoms with Crippen molar-refractivity contribution in [2.24, 2.45) is 7.05 Å². The molecule has 0 N–H and O–H groups in total. The minimum atomic E-state index is -0.264. The third-order valence-corrected chi connectivity index (χ3v) is 4.09. The molecule has 0 aliphatic heterocycles. The highest BCUT2D eigenvalue weighted by Gasteiger charge is 2.31. The molecule has 26 heavy (non-hydrogen) atoms. The molecule has 4 aromatic rings. The standard InChI is InChI=1S/C16H18N8O2/c1-16(2,3)11-12(10-8-17-22-23(10)4)20-24-14(9-6-7-26-21-9)18-19-15(24)13(11)25-5/h6-8H,1-5H3. The third-order valence-electron chi connectivity index (χ3n) is 4.09. The van der Waals surface area contributed by atoms with Crippen LogP contribution in [-0.2, 0) is 12.5 Å². The minimum absolute atomic E-state index is 0.264. The monoisotopic (exact) mass is 354 g/mol. The average molecular weight is 354 g/mol. The van der Waals surface area contributed by atoms with Crippen molar-refractivity contribution in [1.29, 1.82) is 0 Å². The lowest BCUT2D eigenvalue weighted by atomic mass is 9.84. The van der Waals surface area contributed by atoms with Crippen LogP contribution in [0.1, 0.15) is 26.3 Å². The zero-order valence-electron chi connectivity index (χ0n) is 15.1. The number of ether oxygens (including phenoxy) is 1. The highest BCUT2D eigenvalue weighted by atomic mass is 16.5. The van der Waals surface area contributed by atoms with Gasteiger partial charge >= 0.3 is 0 Å². The molecule has 4 rings (SSSR count). The van der Waals surface area contributed by atoms with Crippen LogP contribution in [0.25, 0.3) is 28.6 Å². The zero-order valence-corrected chi connectivity index (χ0v) is 15.1. The molecule has 4 heterocycles. The molecule has 0 amide bonds. The number of rotatable bonds is 3. The van der Waals surface area contributed by atoms with E-state index in [0.717, 1.165) is 11.3 Å². The zero-order chi connectivity index (χ0) is 18.5. The van der Waals surface area contributed by atoms with Crippen molar-refractivity contribution in [2.75, 3.05) is 7.11 Å². The van der Waals surface area contributed by atoms with E-state index in [1.807, 2.05) is 7.05 Å². The van der Waals surface area contributed by atoms with E-state index in [-0.39, 0.29) is 5.41 Å². The van der Waals surface area contributed by atoms with Crippen molar-refractivity contribution in [1.82, 2.24) is 40.0 Å². The Morgan fingerprint density at radius 2 is 2.00 bits per heavy atom. The fraction of sp³-hybridized carbons (Fsp3) is 0.375. The van der Waals surface area contributed by atoms with E-state index in [0.29, 0.717) is 28.6 Å². The SMILES string of the molecule is COc1c(C(C)(C)C)c(-c2cnnn2C)nn2c(-c3ccon3)nnc12. The van der Waals surface area contributed by atoms with Crippen LogP contribution in [0.4, 0.5) is 0 Å². The Labute approximate surface area is 148 Å². The second-order valence-corrected chi connectivity index (χ2v) is 6.89. The summed E-state index contributed by atoms with van der Waals surface area (Å²) < 4.78 is 13.9. The molecule has 0 aromatic carbocycles. The molecule has 0 aliphatic carbocycles. The molecule has 0 saturated carbocycles. The molecule has 0 fully saturated rings. The first-order valence-corrected chi connectivity index (χ1v) is 8.01. The molecule has 0 atom stereocenters. The summed E-state index contributed by atoms with van der Waals surface area (Å²) in [5.74, 6) is 1.06. The quantitative estimate of drug-likeness (QED) is 0.548. The van der Waals surface area contributed by atoms with Crippen LogP contribution in [0.3, 0.4) is 0 Å². The van der Waals surface area contributed by atoms with Gasteiger partial charge in [0.2, 0.25) is 11.5 Å². The van der Waals surface area contributed by atoms with Crippen LogP contribution in [-0.4, -0.2) is 47.1 Å². The van der Waals surface area contributed by atoms with E-state index in [4.69, 9.17) is 14.4 Å². The molecule has 10 nitrogen and oxygen atoms in total. The van der Waals surface area contributed by atoms with Gasteiger partial charge in [-0.05, 0) is 5.41 Å². The fourth-order valence-corrected chi connectivity index (χ4v) is 2.95. The van der Waals surface area contributed by atoms with E-state index in [2.05, 4.69) is 46.4 Å². The summed E-state index contributed by atoms with van der Waals surface area (Å²) in [6.07, 6.45) is 3.14. The van der Waals surface area contributed by atoms with Crippen molar-refractivity contribution in [3.8, 4) is 28.7 Å². The molecule has 4 aromatic heterocycles. The Balaban J connectivity index is 2.13. The van der Waals surface area contributed by atoms with Crippen LogP contribution in [0.5, 0.6) is 5.75 Å². The molecular weight excluding hydrogens is 336 g/mol. The molecule has 0 aliphatic rings. The summed E-state index contributed by atoms with van der Waals surface area (Å²) in [6.45, 7) is 6.27. The number of hydrogen-bond donors (Lipinski definition) is 0. The molecule has 134 valence electrons. The van der Waals surface area contributed by atoms with Gasteiger partial charge in [0, 0.05) is 18.7 Å². The lowest BCUT2D eigenvalue weighted by Gasteiger charge is -2.24. The van der Waals surface area contributed by atoms with Crippen molar-refractivity contribution in [3.05, 3.63) is 24.1 Å². The van der Waals surface area contributed by atoms with Crippen molar-refractivity contribution >= 4 is 5.65 Å². The minimum Gasteiger partial charge on any atom is -0.492 e. The molecule has 0 saturated heterocycles. The lowest BCUT2D eigenvalue weighted by Crippen LogP contribution is -2.18. The summed E-state index contributed by atoms with van der Waals surface area (Å²) in [6, 6.07) is 1.70. The van der Waals surface area contributed by atoms with Gasteiger partial charge in [0.15, 0.2) is 11.4 Å². The van der Waals surface area contributed by atoms with Crippen LogP contribution in [0, 0.1) is 0 Å². The van der Waals surface area contributed by atoms with Crippen LogP contribution < -0.4 is 4.74 Å². The predicted octanol–water partition coefficient (Wildman–Crippen LogP) is 1.88. The summed E-state index contributed by atoms with van der Waals surface area (Å²) >= 11 is 0. The van der Waals surface area contributed by atoms with Crippen LogP contribution in [0.15, 0.2) is 23.0 Å². The largest absolute Gasteiger partial charge is 0.492 e. The smallest absolute Gasteiger partial charge is 0.220 e. The molecule has 0 unspecified atom stereocenters. The normalized spacial score (nSPS) is 12.0. The van der Waals surface area contributed by atoms with E-state index >= 15 is 0 Å². The lowest BCUT2D eigenvalue weighted by molar-refractivity contribution is 0.398. The van der Waals surface area contributed by atoms with Gasteiger partial charge in [-0.2, -0.15) is 9.61 Å². The Kier molecular flexibility index (Phi) is 3.49. The number of methoxy groups -OCH3 is 1. The van der Waals surface area contributed by atoms with E-state index < -0.39 is 0 Å². The number of nitrogens with zero attached hydrogens (tertiary/aromatic N) is 8. The van der Waals surface area contributed by atoms with Crippen LogP contribution >= 0.6 is 0 Å². The molecule has 0 spiro atoms. The van der Waals surface area contributed by atoms with E-state index in [1.54, 1.807) is 28.6 Å². The molecule has 0 bridgehead atoms. The Bertz CT molecular complexity index is 1070. The van der Waals surface area contributed by atoms with Crippen LogP contribution in [0.2, 0.25) is 0 Å². The molecular formula is C16H18N8O2. The molecule has 10 heteroatoms. The maximum absolute atomic E-state index is 5.74. The maximum Gasteiger partial charge on any atom is 0.220 e. The topological polar surface area (TPSA) is 109 Å². The van der Waals surface area contributed by atoms with Crippen molar-refractivity contribution in [3.63, 3.8) is 0 Å². The number of fused-ring (bicyclic) bond motifs is 1. The first-order valence-electron chi connectivity index (χ1n) is 8.01. The van der Waals surface area contributed by atoms with E-state index in [9.17, 15) is 0 Å². The predicted molar refractivity (Wildman–Crippen MR) is 91.5 cm³/mol. The van der Waals surface area contributed by atoms with Gasteiger partial charge in [0.25, 0.3) is 0 Å². The van der Waals surface area contributed by atoms with Gasteiger partial charge in [-0.25, -0.2) is 4.68 Å². The van der Waals surface area contributed by atoms with Gasteiger partial charge in [-0.1, -0.05) is 31.1 Å². The summed E-state index contributed by atoms with van der Waals surface area (Å²) in [5.41, 5.74) is 3.13. The Morgan fingerprint density at radius 3 is 2.58 bits per heavy atom. The van der Waals surface area contributed by atoms with Gasteiger partial charge in [-0.3, -0.25) is 0 Å². The van der Waals surface area contributed by atoms with Crippen molar-refractivity contribution < 1.29 is 9.26 Å². The first kappa shape index (κ1) is 16.2. The second-order valence-electron chi connectivity index (χ2n) is 6.89. The number of aromatic nitrogens is 8. The third kappa shape index (κ3) is 2.33. The summed E-state index contributed by atoms with van der Waals surface area (Å²) in [7, 11) is 3.43. The first-order chi connectivity index (χ1) is 12.4. The van der Waals surface area contributed by atoms with Gasteiger partial charge < -0.3 is 9.26 Å². The van der Waals surface area contributed by atoms with Crippen molar-refractivity contribution in [2.45, 2.75) is 26.2 Å². The Hall–Kier alpha value is -3.30. The van der Waals surface area contributed by atoms with Gasteiger partial charge in [0.1, 0.15) is 17.7 Å². The molecule has 0 radical (unpaired) electrons. The number of hydrogen-bond acceptors (Lipinski definition) is 8. The highest BCUT2D eigenvalue weighted by molar-refractivity contribution is 5.72. The Morgan fingerprint density at radius 1 is 1.19 bits per heavy atom. The summed E-state index contributed by atoms with van der Waals surface area (Å²) in [5, 5.41) is 25.2. The van der Waals surface area contributed by atoms with Gasteiger partial charge in [0.05, 0.1) is 13.3 Å². The fourth-order valence-electron chi connectivity index (χ4n) is 2.95. The highest BCUT2D eigenvalue weighted by Crippen LogP contribution is 2.40. The second kappa shape index (κ2) is 5.61. The maximum atomic E-state index is 5.74.